The van der Waals surface area contributed by atoms with Crippen LogP contribution < -0.4 is 10.2 Å². The highest BCUT2D eigenvalue weighted by atomic mass is 19.2. The number of nitrogens with one attached hydrogen (secondary N) is 2. The molecule has 28 heavy (non-hydrogen) atoms. The first-order chi connectivity index (χ1) is 13.5. The molecule has 2 heterocycles. The van der Waals surface area contributed by atoms with Gasteiger partial charge in [0.05, 0.1) is 5.92 Å². The quantitative estimate of drug-likeness (QED) is 0.711. The second-order valence-electron chi connectivity index (χ2n) is 6.90. The molecule has 2 N–H and O–H groups in total. The fourth-order valence-corrected chi connectivity index (χ4v) is 3.59. The van der Waals surface area contributed by atoms with Crippen LogP contribution >= 0.6 is 0 Å². The number of carbonyl (C=O) groups is 2. The highest BCUT2D eigenvalue weighted by Gasteiger charge is 2.35. The van der Waals surface area contributed by atoms with Crippen LogP contribution in [-0.4, -0.2) is 29.9 Å². The van der Waals surface area contributed by atoms with Gasteiger partial charge in [-0.05, 0) is 30.2 Å². The van der Waals surface area contributed by atoms with E-state index in [1.807, 2.05) is 30.5 Å². The maximum absolute atomic E-state index is 13.4. The summed E-state index contributed by atoms with van der Waals surface area (Å²) in [5.41, 5.74) is 2.42. The molecule has 1 atom stereocenters. The van der Waals surface area contributed by atoms with Gasteiger partial charge in [0.15, 0.2) is 11.6 Å². The number of aromatic nitrogens is 1. The number of hydrogen-bond acceptors (Lipinski definition) is 2. The van der Waals surface area contributed by atoms with Gasteiger partial charge in [-0.1, -0.05) is 18.2 Å². The molecule has 3 aromatic rings. The van der Waals surface area contributed by atoms with Crippen molar-refractivity contribution < 1.29 is 18.4 Å². The van der Waals surface area contributed by atoms with Crippen molar-refractivity contribution in [1.82, 2.24) is 10.3 Å². The number of halogens is 2. The number of carbonyl (C=O) groups excluding carboxylic acids is 2. The molecule has 7 heteroatoms. The molecular weight excluding hydrogens is 364 g/mol. The number of fused-ring (bicyclic) bond motifs is 1. The summed E-state index contributed by atoms with van der Waals surface area (Å²) in [5.74, 6) is -2.98. The van der Waals surface area contributed by atoms with Crippen molar-refractivity contribution in [1.29, 1.82) is 0 Å². The van der Waals surface area contributed by atoms with Crippen molar-refractivity contribution in [2.45, 2.75) is 12.8 Å². The second-order valence-corrected chi connectivity index (χ2v) is 6.90. The zero-order chi connectivity index (χ0) is 19.7. The smallest absolute Gasteiger partial charge is 0.227 e. The number of benzene rings is 2. The van der Waals surface area contributed by atoms with Crippen LogP contribution in [0.3, 0.4) is 0 Å². The Bertz CT molecular complexity index is 1050. The summed E-state index contributed by atoms with van der Waals surface area (Å²) in [7, 11) is 0. The first-order valence-electron chi connectivity index (χ1n) is 9.11. The lowest BCUT2D eigenvalue weighted by Gasteiger charge is -2.17. The van der Waals surface area contributed by atoms with Crippen LogP contribution in [0, 0.1) is 17.6 Å². The van der Waals surface area contributed by atoms with Gasteiger partial charge in [0, 0.05) is 48.4 Å². The van der Waals surface area contributed by atoms with Crippen molar-refractivity contribution in [3.8, 4) is 0 Å². The van der Waals surface area contributed by atoms with Gasteiger partial charge in [0.25, 0.3) is 0 Å². The average molecular weight is 383 g/mol. The van der Waals surface area contributed by atoms with E-state index in [2.05, 4.69) is 10.3 Å². The lowest BCUT2D eigenvalue weighted by Crippen LogP contribution is -2.34. The van der Waals surface area contributed by atoms with Crippen molar-refractivity contribution in [3.63, 3.8) is 0 Å². The molecule has 1 unspecified atom stereocenters. The van der Waals surface area contributed by atoms with Crippen LogP contribution in [0.2, 0.25) is 0 Å². The number of anilines is 1. The minimum absolute atomic E-state index is 0.0535. The van der Waals surface area contributed by atoms with Gasteiger partial charge in [-0.2, -0.15) is 0 Å². The van der Waals surface area contributed by atoms with Gasteiger partial charge in [0.2, 0.25) is 11.8 Å². The Morgan fingerprint density at radius 1 is 1.18 bits per heavy atom. The van der Waals surface area contributed by atoms with Crippen molar-refractivity contribution in [3.05, 3.63) is 65.9 Å². The SMILES string of the molecule is O=C(NCCc1c[nH]c2ccccc12)C1CC(=O)N(c2ccc(F)c(F)c2)C1. The van der Waals surface area contributed by atoms with Crippen molar-refractivity contribution >= 4 is 28.4 Å². The predicted molar refractivity (Wildman–Crippen MR) is 102 cm³/mol. The summed E-state index contributed by atoms with van der Waals surface area (Å²) in [6, 6.07) is 11.2. The molecule has 1 aliphatic heterocycles. The van der Waals surface area contributed by atoms with Crippen LogP contribution in [0.5, 0.6) is 0 Å². The molecule has 0 bridgehead atoms. The molecule has 4 rings (SSSR count). The van der Waals surface area contributed by atoms with Crippen LogP contribution in [0.4, 0.5) is 14.5 Å². The van der Waals surface area contributed by atoms with Crippen LogP contribution in [-0.2, 0) is 16.0 Å². The van der Waals surface area contributed by atoms with E-state index < -0.39 is 17.6 Å². The van der Waals surface area contributed by atoms with E-state index in [-0.39, 0.29) is 30.5 Å². The first-order valence-corrected chi connectivity index (χ1v) is 9.11. The molecular formula is C21H19F2N3O2. The molecule has 1 aliphatic rings. The summed E-state index contributed by atoms with van der Waals surface area (Å²) >= 11 is 0. The highest BCUT2D eigenvalue weighted by molar-refractivity contribution is 6.00. The third kappa shape index (κ3) is 3.47. The van der Waals surface area contributed by atoms with Gasteiger partial charge in [-0.15, -0.1) is 0 Å². The summed E-state index contributed by atoms with van der Waals surface area (Å²) in [5, 5.41) is 4.00. The first kappa shape index (κ1) is 18.2. The predicted octanol–water partition coefficient (Wildman–Crippen LogP) is 3.16. The molecule has 2 amide bonds. The Hall–Kier alpha value is -3.22. The molecule has 144 valence electrons. The average Bonchev–Trinajstić information content (AvgIpc) is 3.28. The largest absolute Gasteiger partial charge is 0.361 e. The molecule has 1 saturated heterocycles. The third-order valence-electron chi connectivity index (χ3n) is 5.08. The fourth-order valence-electron chi connectivity index (χ4n) is 3.59. The van der Waals surface area contributed by atoms with Gasteiger partial charge in [-0.25, -0.2) is 8.78 Å². The second kappa shape index (κ2) is 7.42. The Balaban J connectivity index is 1.35. The standard InChI is InChI=1S/C21H19F2N3O2/c22-17-6-5-15(10-18(17)23)26-12-14(9-20(26)27)21(28)24-8-7-13-11-25-19-4-2-1-3-16(13)19/h1-6,10-11,14,25H,7-9,12H2,(H,24,28). The van der Waals surface area contributed by atoms with E-state index >= 15 is 0 Å². The molecule has 0 saturated carbocycles. The zero-order valence-electron chi connectivity index (χ0n) is 15.0. The van der Waals surface area contributed by atoms with Gasteiger partial charge in [0.1, 0.15) is 0 Å². The normalized spacial score (nSPS) is 16.7. The van der Waals surface area contributed by atoms with E-state index in [4.69, 9.17) is 0 Å². The number of amides is 2. The lowest BCUT2D eigenvalue weighted by molar-refractivity contribution is -0.126. The number of nitrogens with zero attached hydrogens (tertiary/aromatic N) is 1. The third-order valence-corrected chi connectivity index (χ3v) is 5.08. The van der Waals surface area contributed by atoms with Crippen molar-refractivity contribution in [2.75, 3.05) is 18.0 Å². The Morgan fingerprint density at radius 3 is 2.82 bits per heavy atom. The summed E-state index contributed by atoms with van der Waals surface area (Å²) in [4.78, 5) is 29.2. The minimum atomic E-state index is -1.02. The van der Waals surface area contributed by atoms with Gasteiger partial charge < -0.3 is 15.2 Å². The maximum Gasteiger partial charge on any atom is 0.227 e. The number of H-pyrrole nitrogens is 1. The van der Waals surface area contributed by atoms with Gasteiger partial charge in [-0.3, -0.25) is 9.59 Å². The van der Waals surface area contributed by atoms with E-state index in [0.29, 0.717) is 13.0 Å². The molecule has 0 aliphatic carbocycles. The maximum atomic E-state index is 13.4. The van der Waals surface area contributed by atoms with Crippen LogP contribution in [0.1, 0.15) is 12.0 Å². The van der Waals surface area contributed by atoms with E-state index in [1.54, 1.807) is 0 Å². The number of aromatic amines is 1. The van der Waals surface area contributed by atoms with E-state index in [1.165, 1.54) is 11.0 Å². The molecule has 2 aromatic carbocycles. The monoisotopic (exact) mass is 383 g/mol. The number of rotatable bonds is 5. The summed E-state index contributed by atoms with van der Waals surface area (Å²) in [6.45, 7) is 0.610. The fraction of sp³-hybridized carbons (Fsp3) is 0.238. The Morgan fingerprint density at radius 2 is 2.00 bits per heavy atom. The van der Waals surface area contributed by atoms with Gasteiger partial charge >= 0.3 is 0 Å². The topological polar surface area (TPSA) is 65.2 Å². The van der Waals surface area contributed by atoms with Crippen LogP contribution in [0.15, 0.2) is 48.7 Å². The molecule has 0 radical (unpaired) electrons. The Labute approximate surface area is 160 Å². The molecule has 0 spiro atoms. The highest BCUT2D eigenvalue weighted by Crippen LogP contribution is 2.26. The van der Waals surface area contributed by atoms with E-state index in [9.17, 15) is 18.4 Å². The molecule has 5 nitrogen and oxygen atoms in total. The van der Waals surface area contributed by atoms with Crippen molar-refractivity contribution in [2.24, 2.45) is 5.92 Å². The summed E-state index contributed by atoms with van der Waals surface area (Å²) in [6.07, 6.45) is 2.65. The number of hydrogen-bond donors (Lipinski definition) is 2. The number of para-hydroxylation sites is 1. The Kier molecular flexibility index (Phi) is 4.81. The zero-order valence-corrected chi connectivity index (χ0v) is 15.0. The summed E-state index contributed by atoms with van der Waals surface area (Å²) < 4.78 is 26.5. The minimum Gasteiger partial charge on any atom is -0.361 e. The molecule has 1 fully saturated rings. The van der Waals surface area contributed by atoms with Crippen LogP contribution in [0.25, 0.3) is 10.9 Å². The van der Waals surface area contributed by atoms with E-state index in [0.717, 1.165) is 28.6 Å². The lowest BCUT2D eigenvalue weighted by atomic mass is 10.1. The molecule has 1 aromatic heterocycles.